The maximum absolute atomic E-state index is 13.0. The van der Waals surface area contributed by atoms with Crippen LogP contribution in [0.15, 0.2) is 36.4 Å². The maximum atomic E-state index is 13.0. The minimum absolute atomic E-state index is 0.155. The van der Waals surface area contributed by atoms with Crippen molar-refractivity contribution in [2.45, 2.75) is 13.8 Å². The Morgan fingerprint density at radius 3 is 2.43 bits per heavy atom. The van der Waals surface area contributed by atoms with Crippen LogP contribution in [0.1, 0.15) is 32.6 Å². The monoisotopic (exact) mass is 282 g/mol. The molecule has 0 saturated heterocycles. The van der Waals surface area contributed by atoms with E-state index in [1.807, 2.05) is 26.0 Å². The third-order valence-electron chi connectivity index (χ3n) is 3.31. The minimum atomic E-state index is -0.373. The normalized spacial score (nSPS) is 9.90. The van der Waals surface area contributed by atoms with Crippen LogP contribution in [-0.2, 0) is 0 Å². The fourth-order valence-electron chi connectivity index (χ4n) is 2.21. The standard InChI is InChI=1S/C18H15FO2/c1-12-5-6-14(4-3-11-20)13(2)17(12)18(21)15-7-9-16(19)10-8-15/h5-10,20H,11H2,1-2H3. The Hall–Kier alpha value is -2.44. The molecule has 0 spiro atoms. The van der Waals surface area contributed by atoms with Crippen LogP contribution in [0.3, 0.4) is 0 Å². The molecule has 21 heavy (non-hydrogen) atoms. The van der Waals surface area contributed by atoms with Crippen LogP contribution in [0.25, 0.3) is 0 Å². The van der Waals surface area contributed by atoms with Gasteiger partial charge in [-0.3, -0.25) is 4.79 Å². The van der Waals surface area contributed by atoms with Gasteiger partial charge in [-0.2, -0.15) is 0 Å². The lowest BCUT2D eigenvalue weighted by Gasteiger charge is -2.11. The van der Waals surface area contributed by atoms with Gasteiger partial charge in [0.25, 0.3) is 0 Å². The highest BCUT2D eigenvalue weighted by Crippen LogP contribution is 2.21. The summed E-state index contributed by atoms with van der Waals surface area (Å²) in [5.74, 6) is 4.89. The van der Waals surface area contributed by atoms with Crippen molar-refractivity contribution in [3.8, 4) is 11.8 Å². The summed E-state index contributed by atoms with van der Waals surface area (Å²) >= 11 is 0. The Morgan fingerprint density at radius 2 is 1.81 bits per heavy atom. The third kappa shape index (κ3) is 3.18. The van der Waals surface area contributed by atoms with Crippen LogP contribution in [0, 0.1) is 31.5 Å². The molecule has 0 aliphatic carbocycles. The summed E-state index contributed by atoms with van der Waals surface area (Å²) < 4.78 is 13.0. The van der Waals surface area contributed by atoms with Crippen molar-refractivity contribution in [2.75, 3.05) is 6.61 Å². The molecule has 0 heterocycles. The molecule has 2 rings (SSSR count). The summed E-state index contributed by atoms with van der Waals surface area (Å²) in [4.78, 5) is 12.6. The van der Waals surface area contributed by atoms with E-state index >= 15 is 0 Å². The van der Waals surface area contributed by atoms with Gasteiger partial charge in [0.05, 0.1) is 0 Å². The Bertz CT molecular complexity index is 734. The van der Waals surface area contributed by atoms with E-state index in [1.165, 1.54) is 24.3 Å². The van der Waals surface area contributed by atoms with Gasteiger partial charge in [-0.1, -0.05) is 17.9 Å². The second-order valence-electron chi connectivity index (χ2n) is 4.73. The number of hydrogen-bond donors (Lipinski definition) is 1. The predicted molar refractivity (Wildman–Crippen MR) is 79.7 cm³/mol. The van der Waals surface area contributed by atoms with Gasteiger partial charge in [0.15, 0.2) is 5.78 Å². The molecule has 0 unspecified atom stereocenters. The third-order valence-corrected chi connectivity index (χ3v) is 3.31. The summed E-state index contributed by atoms with van der Waals surface area (Å²) in [7, 11) is 0. The zero-order valence-corrected chi connectivity index (χ0v) is 11.9. The molecular formula is C18H15FO2. The van der Waals surface area contributed by atoms with Crippen LogP contribution >= 0.6 is 0 Å². The van der Waals surface area contributed by atoms with Crippen LogP contribution in [0.4, 0.5) is 4.39 Å². The van der Waals surface area contributed by atoms with Crippen molar-refractivity contribution in [2.24, 2.45) is 0 Å². The summed E-state index contributed by atoms with van der Waals surface area (Å²) in [5, 5.41) is 8.78. The molecule has 0 aromatic heterocycles. The summed E-state index contributed by atoms with van der Waals surface area (Å²) in [5.41, 5.74) is 3.34. The lowest BCUT2D eigenvalue weighted by atomic mass is 9.92. The molecule has 2 aromatic rings. The number of aliphatic hydroxyl groups excluding tert-OH is 1. The van der Waals surface area contributed by atoms with Gasteiger partial charge in [-0.15, -0.1) is 0 Å². The number of hydrogen-bond acceptors (Lipinski definition) is 2. The number of benzene rings is 2. The zero-order chi connectivity index (χ0) is 15.4. The Kier molecular flexibility index (Phi) is 4.52. The van der Waals surface area contributed by atoms with E-state index < -0.39 is 0 Å². The van der Waals surface area contributed by atoms with Crippen molar-refractivity contribution in [1.82, 2.24) is 0 Å². The van der Waals surface area contributed by atoms with Gasteiger partial charge < -0.3 is 5.11 Å². The summed E-state index contributed by atoms with van der Waals surface area (Å²) in [6.07, 6.45) is 0. The van der Waals surface area contributed by atoms with Gasteiger partial charge in [-0.25, -0.2) is 4.39 Å². The van der Waals surface area contributed by atoms with Gasteiger partial charge in [0.2, 0.25) is 0 Å². The molecule has 106 valence electrons. The van der Waals surface area contributed by atoms with Crippen molar-refractivity contribution in [1.29, 1.82) is 0 Å². The van der Waals surface area contributed by atoms with E-state index in [0.29, 0.717) is 16.7 Å². The first-order valence-electron chi connectivity index (χ1n) is 6.54. The average Bonchev–Trinajstić information content (AvgIpc) is 2.47. The first-order chi connectivity index (χ1) is 10.0. The Balaban J connectivity index is 2.52. The number of halogens is 1. The topological polar surface area (TPSA) is 37.3 Å². The average molecular weight is 282 g/mol. The molecule has 3 heteroatoms. The molecular weight excluding hydrogens is 267 g/mol. The first-order valence-corrected chi connectivity index (χ1v) is 6.54. The first kappa shape index (κ1) is 15.0. The molecule has 0 aliphatic rings. The van der Waals surface area contributed by atoms with Gasteiger partial charge >= 0.3 is 0 Å². The van der Waals surface area contributed by atoms with Gasteiger partial charge in [0.1, 0.15) is 12.4 Å². The molecule has 0 atom stereocenters. The number of carbonyl (C=O) groups is 1. The van der Waals surface area contributed by atoms with E-state index in [-0.39, 0.29) is 18.2 Å². The van der Waals surface area contributed by atoms with E-state index in [2.05, 4.69) is 11.8 Å². The zero-order valence-electron chi connectivity index (χ0n) is 11.9. The Labute approximate surface area is 123 Å². The lowest BCUT2D eigenvalue weighted by Crippen LogP contribution is -2.07. The summed E-state index contributed by atoms with van der Waals surface area (Å²) in [6.45, 7) is 3.45. The fourth-order valence-corrected chi connectivity index (χ4v) is 2.21. The second-order valence-corrected chi connectivity index (χ2v) is 4.73. The van der Waals surface area contributed by atoms with Crippen LogP contribution in [0.2, 0.25) is 0 Å². The SMILES string of the molecule is Cc1ccc(C#CCO)c(C)c1C(=O)c1ccc(F)cc1. The highest BCUT2D eigenvalue weighted by atomic mass is 19.1. The van der Waals surface area contributed by atoms with Gasteiger partial charge in [0, 0.05) is 16.7 Å². The van der Waals surface area contributed by atoms with E-state index in [4.69, 9.17) is 5.11 Å². The van der Waals surface area contributed by atoms with Crippen molar-refractivity contribution in [3.63, 3.8) is 0 Å². The molecule has 0 saturated carbocycles. The number of carbonyl (C=O) groups excluding carboxylic acids is 1. The molecule has 0 amide bonds. The lowest BCUT2D eigenvalue weighted by molar-refractivity contribution is 0.103. The minimum Gasteiger partial charge on any atom is -0.384 e. The molecule has 0 aliphatic heterocycles. The summed E-state index contributed by atoms with van der Waals surface area (Å²) in [6, 6.07) is 9.14. The number of aryl methyl sites for hydroxylation is 1. The molecule has 0 radical (unpaired) electrons. The van der Waals surface area contributed by atoms with Crippen molar-refractivity contribution >= 4 is 5.78 Å². The highest BCUT2D eigenvalue weighted by molar-refractivity contribution is 6.11. The van der Waals surface area contributed by atoms with Crippen LogP contribution in [0.5, 0.6) is 0 Å². The highest BCUT2D eigenvalue weighted by Gasteiger charge is 2.16. The molecule has 2 aromatic carbocycles. The molecule has 2 nitrogen and oxygen atoms in total. The largest absolute Gasteiger partial charge is 0.384 e. The van der Waals surface area contributed by atoms with Gasteiger partial charge in [-0.05, 0) is 55.3 Å². The predicted octanol–water partition coefficient (Wildman–Crippen LogP) is 3.02. The van der Waals surface area contributed by atoms with E-state index in [0.717, 1.165) is 11.1 Å². The number of ketones is 1. The van der Waals surface area contributed by atoms with Crippen LogP contribution < -0.4 is 0 Å². The quantitative estimate of drug-likeness (QED) is 0.679. The molecule has 1 N–H and O–H groups in total. The fraction of sp³-hybridized carbons (Fsp3) is 0.167. The second kappa shape index (κ2) is 6.34. The number of aliphatic hydroxyl groups is 1. The van der Waals surface area contributed by atoms with E-state index in [9.17, 15) is 9.18 Å². The van der Waals surface area contributed by atoms with Crippen molar-refractivity contribution in [3.05, 3.63) is 70.0 Å². The number of rotatable bonds is 2. The van der Waals surface area contributed by atoms with Crippen molar-refractivity contribution < 1.29 is 14.3 Å². The van der Waals surface area contributed by atoms with Crippen LogP contribution in [-0.4, -0.2) is 17.5 Å². The molecule has 0 fully saturated rings. The molecule has 0 bridgehead atoms. The van der Waals surface area contributed by atoms with E-state index in [1.54, 1.807) is 0 Å². The maximum Gasteiger partial charge on any atom is 0.193 e. The smallest absolute Gasteiger partial charge is 0.193 e. The Morgan fingerprint density at radius 1 is 1.14 bits per heavy atom.